The number of nitrogens with zero attached hydrogens (tertiary/aromatic N) is 3. The highest BCUT2D eigenvalue weighted by molar-refractivity contribution is 7.99. The van der Waals surface area contributed by atoms with Crippen molar-refractivity contribution < 1.29 is 0 Å². The number of thioether (sulfide) groups is 1. The molecule has 0 aliphatic heterocycles. The first-order valence-electron chi connectivity index (χ1n) is 5.77. The lowest BCUT2D eigenvalue weighted by Crippen LogP contribution is -1.94. The second kappa shape index (κ2) is 6.18. The molecule has 90 valence electrons. The minimum Gasteiger partial charge on any atom is -0.245 e. The van der Waals surface area contributed by atoms with Gasteiger partial charge in [-0.05, 0) is 12.0 Å². The third kappa shape index (κ3) is 3.08. The third-order valence-corrected chi connectivity index (χ3v) is 3.89. The second-order valence-electron chi connectivity index (χ2n) is 3.78. The molecular formula is C14H13N3S. The molecular weight excluding hydrogens is 242 g/mol. The van der Waals surface area contributed by atoms with Gasteiger partial charge >= 0.3 is 0 Å². The van der Waals surface area contributed by atoms with Gasteiger partial charge in [-0.1, -0.05) is 49.0 Å². The lowest BCUT2D eigenvalue weighted by atomic mass is 10.1. The highest BCUT2D eigenvalue weighted by Gasteiger charge is 2.11. The van der Waals surface area contributed by atoms with Gasteiger partial charge in [0.25, 0.3) is 0 Å². The topological polar surface area (TPSA) is 49.6 Å². The van der Waals surface area contributed by atoms with Crippen LogP contribution in [0.5, 0.6) is 0 Å². The molecule has 0 bridgehead atoms. The summed E-state index contributed by atoms with van der Waals surface area (Å²) in [6, 6.07) is 12.3. The molecule has 0 aliphatic rings. The first kappa shape index (κ1) is 12.6. The van der Waals surface area contributed by atoms with Gasteiger partial charge in [0.1, 0.15) is 11.1 Å². The van der Waals surface area contributed by atoms with Crippen LogP contribution in [0.15, 0.2) is 47.8 Å². The summed E-state index contributed by atoms with van der Waals surface area (Å²) in [5.41, 5.74) is 1.64. The molecule has 1 aromatic carbocycles. The fraction of sp³-hybridized carbons (Fsp3) is 0.214. The van der Waals surface area contributed by atoms with E-state index in [-0.39, 0.29) is 0 Å². The molecule has 0 fully saturated rings. The summed E-state index contributed by atoms with van der Waals surface area (Å²) in [5, 5.41) is 9.90. The molecule has 1 atom stereocenters. The van der Waals surface area contributed by atoms with E-state index in [4.69, 9.17) is 5.26 Å². The van der Waals surface area contributed by atoms with E-state index in [9.17, 15) is 0 Å². The van der Waals surface area contributed by atoms with Crippen molar-refractivity contribution in [1.29, 1.82) is 5.26 Å². The molecule has 2 aromatic rings. The Balaban J connectivity index is 2.13. The van der Waals surface area contributed by atoms with Crippen molar-refractivity contribution in [1.82, 2.24) is 9.97 Å². The van der Waals surface area contributed by atoms with Crippen LogP contribution >= 0.6 is 11.8 Å². The Kier molecular flexibility index (Phi) is 4.32. The molecule has 0 radical (unpaired) electrons. The molecule has 0 N–H and O–H groups in total. The summed E-state index contributed by atoms with van der Waals surface area (Å²) in [6.45, 7) is 2.15. The fourth-order valence-corrected chi connectivity index (χ4v) is 2.61. The van der Waals surface area contributed by atoms with Gasteiger partial charge in [-0.3, -0.25) is 0 Å². The van der Waals surface area contributed by atoms with E-state index in [0.717, 1.165) is 11.4 Å². The summed E-state index contributed by atoms with van der Waals surface area (Å²) in [6.07, 6.45) is 4.20. The number of nitriles is 1. The highest BCUT2D eigenvalue weighted by atomic mass is 32.2. The van der Waals surface area contributed by atoms with E-state index >= 15 is 0 Å². The van der Waals surface area contributed by atoms with Crippen molar-refractivity contribution in [3.05, 3.63) is 54.0 Å². The molecule has 0 spiro atoms. The third-order valence-electron chi connectivity index (χ3n) is 2.55. The van der Waals surface area contributed by atoms with Crippen LogP contribution in [0, 0.1) is 11.3 Å². The zero-order valence-corrected chi connectivity index (χ0v) is 10.9. The van der Waals surface area contributed by atoms with Crippen LogP contribution < -0.4 is 0 Å². The zero-order valence-electron chi connectivity index (χ0n) is 10.1. The van der Waals surface area contributed by atoms with Crippen LogP contribution in [0.2, 0.25) is 0 Å². The van der Waals surface area contributed by atoms with E-state index in [1.54, 1.807) is 18.0 Å². The molecule has 0 aliphatic carbocycles. The Morgan fingerprint density at radius 3 is 2.56 bits per heavy atom. The normalized spacial score (nSPS) is 11.8. The van der Waals surface area contributed by atoms with Gasteiger partial charge < -0.3 is 0 Å². The van der Waals surface area contributed by atoms with Crippen molar-refractivity contribution in [2.24, 2.45) is 0 Å². The predicted molar refractivity (Wildman–Crippen MR) is 72.1 cm³/mol. The van der Waals surface area contributed by atoms with Gasteiger partial charge in [0.15, 0.2) is 5.69 Å². The quantitative estimate of drug-likeness (QED) is 0.783. The van der Waals surface area contributed by atoms with Gasteiger partial charge in [-0.2, -0.15) is 5.26 Å². The van der Waals surface area contributed by atoms with Crippen molar-refractivity contribution in [2.75, 3.05) is 0 Å². The highest BCUT2D eigenvalue weighted by Crippen LogP contribution is 2.35. The van der Waals surface area contributed by atoms with Crippen LogP contribution in [-0.2, 0) is 0 Å². The zero-order chi connectivity index (χ0) is 12.8. The number of hydrogen-bond acceptors (Lipinski definition) is 4. The maximum absolute atomic E-state index is 8.68. The smallest absolute Gasteiger partial charge is 0.158 e. The fourth-order valence-electron chi connectivity index (χ4n) is 1.64. The summed E-state index contributed by atoms with van der Waals surface area (Å²) in [5.74, 6) is 0. The van der Waals surface area contributed by atoms with Crippen molar-refractivity contribution in [3.8, 4) is 6.07 Å². The van der Waals surface area contributed by atoms with E-state index in [1.165, 1.54) is 11.8 Å². The van der Waals surface area contributed by atoms with Crippen LogP contribution in [0.1, 0.15) is 29.9 Å². The molecule has 4 heteroatoms. The van der Waals surface area contributed by atoms with Gasteiger partial charge in [0.05, 0.1) is 12.4 Å². The lowest BCUT2D eigenvalue weighted by molar-refractivity contribution is 0.887. The number of benzene rings is 1. The molecule has 0 amide bonds. The minimum absolute atomic E-state index is 0.354. The summed E-state index contributed by atoms with van der Waals surface area (Å²) < 4.78 is 0. The van der Waals surface area contributed by atoms with Gasteiger partial charge in [-0.15, -0.1) is 0 Å². The first-order chi connectivity index (χ1) is 8.83. The molecule has 2 rings (SSSR count). The number of rotatable bonds is 4. The maximum Gasteiger partial charge on any atom is 0.158 e. The molecule has 1 unspecified atom stereocenters. The minimum atomic E-state index is 0.354. The monoisotopic (exact) mass is 255 g/mol. The molecule has 18 heavy (non-hydrogen) atoms. The SMILES string of the molecule is CCC(Sc1cnc(C#N)cn1)c1ccccc1. The Labute approximate surface area is 111 Å². The van der Waals surface area contributed by atoms with Crippen LogP contribution in [0.4, 0.5) is 0 Å². The average molecular weight is 255 g/mol. The standard InChI is InChI=1S/C14H13N3S/c1-2-13(11-6-4-3-5-7-11)18-14-10-16-12(8-15)9-17-14/h3-7,9-10,13H,2H2,1H3. The van der Waals surface area contributed by atoms with Gasteiger partial charge in [0.2, 0.25) is 0 Å². The Bertz CT molecular complexity index is 531. The van der Waals surface area contributed by atoms with E-state index < -0.39 is 0 Å². The van der Waals surface area contributed by atoms with E-state index in [1.807, 2.05) is 24.3 Å². The number of aromatic nitrogens is 2. The van der Waals surface area contributed by atoms with Crippen LogP contribution in [-0.4, -0.2) is 9.97 Å². The summed E-state index contributed by atoms with van der Waals surface area (Å²) in [7, 11) is 0. The summed E-state index contributed by atoms with van der Waals surface area (Å²) in [4.78, 5) is 8.27. The molecule has 0 saturated heterocycles. The summed E-state index contributed by atoms with van der Waals surface area (Å²) >= 11 is 1.68. The predicted octanol–water partition coefficient (Wildman–Crippen LogP) is 3.59. The molecule has 1 aromatic heterocycles. The number of hydrogen-bond donors (Lipinski definition) is 0. The Morgan fingerprint density at radius 2 is 2.00 bits per heavy atom. The molecule has 0 saturated carbocycles. The first-order valence-corrected chi connectivity index (χ1v) is 6.65. The molecule has 1 heterocycles. The average Bonchev–Trinajstić information content (AvgIpc) is 2.46. The van der Waals surface area contributed by atoms with Crippen LogP contribution in [0.3, 0.4) is 0 Å². The maximum atomic E-state index is 8.68. The van der Waals surface area contributed by atoms with Crippen LogP contribution in [0.25, 0.3) is 0 Å². The molecule has 3 nitrogen and oxygen atoms in total. The Hall–Kier alpha value is -1.86. The van der Waals surface area contributed by atoms with Crippen molar-refractivity contribution >= 4 is 11.8 Å². The van der Waals surface area contributed by atoms with Gasteiger partial charge in [-0.25, -0.2) is 9.97 Å². The Morgan fingerprint density at radius 1 is 1.22 bits per heavy atom. The van der Waals surface area contributed by atoms with Gasteiger partial charge in [0, 0.05) is 5.25 Å². The van der Waals surface area contributed by atoms with Crippen molar-refractivity contribution in [3.63, 3.8) is 0 Å². The van der Waals surface area contributed by atoms with Crippen molar-refractivity contribution in [2.45, 2.75) is 23.6 Å². The largest absolute Gasteiger partial charge is 0.245 e. The van der Waals surface area contributed by atoms with E-state index in [2.05, 4.69) is 29.0 Å². The second-order valence-corrected chi connectivity index (χ2v) is 5.00. The lowest BCUT2D eigenvalue weighted by Gasteiger charge is -2.13. The van der Waals surface area contributed by atoms with E-state index in [0.29, 0.717) is 10.9 Å².